The number of nitrogens with zero attached hydrogens (tertiary/aromatic N) is 4. The molecule has 102 valence electrons. The van der Waals surface area contributed by atoms with Crippen LogP contribution < -0.4 is 4.72 Å². The largest absolute Gasteiger partial charge is 0.267 e. The van der Waals surface area contributed by atoms with Gasteiger partial charge < -0.3 is 0 Å². The number of pyridine rings is 1. The van der Waals surface area contributed by atoms with Crippen molar-refractivity contribution < 1.29 is 8.42 Å². The van der Waals surface area contributed by atoms with E-state index in [1.54, 1.807) is 26.0 Å². The number of hydrogen-bond acceptors (Lipinski definition) is 6. The van der Waals surface area contributed by atoms with Gasteiger partial charge in [0.1, 0.15) is 11.0 Å². The molecule has 2 heterocycles. The standard InChI is InChI=1S/C12H11N5O2S/c1-8-6-9(2)16-12(15-8)17-20(18,19)11-4-3-5-14-10(11)7-13/h3-6H,1-2H3,(H,15,16,17). The van der Waals surface area contributed by atoms with Gasteiger partial charge in [-0.1, -0.05) is 0 Å². The van der Waals surface area contributed by atoms with E-state index in [4.69, 9.17) is 5.26 Å². The fourth-order valence-electron chi connectivity index (χ4n) is 1.64. The minimum Gasteiger partial charge on any atom is -0.247 e. The summed E-state index contributed by atoms with van der Waals surface area (Å²) in [4.78, 5) is 11.5. The second-order valence-electron chi connectivity index (χ2n) is 4.04. The van der Waals surface area contributed by atoms with E-state index in [2.05, 4.69) is 19.7 Å². The van der Waals surface area contributed by atoms with Gasteiger partial charge in [-0.15, -0.1) is 0 Å². The second kappa shape index (κ2) is 5.22. The molecule has 0 aromatic carbocycles. The Labute approximate surface area is 116 Å². The van der Waals surface area contributed by atoms with Gasteiger partial charge in [0.05, 0.1) is 0 Å². The average molecular weight is 289 g/mol. The van der Waals surface area contributed by atoms with Crippen LogP contribution in [0.2, 0.25) is 0 Å². The van der Waals surface area contributed by atoms with Crippen LogP contribution in [-0.4, -0.2) is 23.4 Å². The van der Waals surface area contributed by atoms with Crippen molar-refractivity contribution in [1.29, 1.82) is 5.26 Å². The zero-order valence-corrected chi connectivity index (χ0v) is 11.6. The van der Waals surface area contributed by atoms with Crippen molar-refractivity contribution in [2.45, 2.75) is 18.7 Å². The predicted molar refractivity (Wildman–Crippen MR) is 71.3 cm³/mol. The zero-order valence-electron chi connectivity index (χ0n) is 10.8. The van der Waals surface area contributed by atoms with E-state index in [-0.39, 0.29) is 16.5 Å². The van der Waals surface area contributed by atoms with Crippen LogP contribution in [0.25, 0.3) is 0 Å². The summed E-state index contributed by atoms with van der Waals surface area (Å²) in [5.41, 5.74) is 1.10. The number of nitrogens with one attached hydrogen (secondary N) is 1. The first kappa shape index (κ1) is 13.9. The van der Waals surface area contributed by atoms with Gasteiger partial charge in [-0.2, -0.15) is 5.26 Å². The zero-order chi connectivity index (χ0) is 14.8. The van der Waals surface area contributed by atoms with Crippen LogP contribution >= 0.6 is 0 Å². The quantitative estimate of drug-likeness (QED) is 0.908. The Bertz CT molecular complexity index is 775. The lowest BCUT2D eigenvalue weighted by atomic mass is 10.4. The molecule has 0 saturated carbocycles. The maximum atomic E-state index is 12.2. The van der Waals surface area contributed by atoms with Crippen molar-refractivity contribution in [3.8, 4) is 6.07 Å². The molecular formula is C12H11N5O2S. The molecule has 2 rings (SSSR count). The van der Waals surface area contributed by atoms with Crippen molar-refractivity contribution in [2.75, 3.05) is 4.72 Å². The van der Waals surface area contributed by atoms with Gasteiger partial charge in [-0.05, 0) is 32.0 Å². The van der Waals surface area contributed by atoms with Crippen molar-refractivity contribution in [3.63, 3.8) is 0 Å². The highest BCUT2D eigenvalue weighted by Gasteiger charge is 2.20. The van der Waals surface area contributed by atoms with Gasteiger partial charge in [0.25, 0.3) is 10.0 Å². The van der Waals surface area contributed by atoms with Crippen LogP contribution in [0.4, 0.5) is 5.95 Å². The molecule has 0 fully saturated rings. The highest BCUT2D eigenvalue weighted by molar-refractivity contribution is 7.92. The number of nitriles is 1. The molecule has 1 N–H and O–H groups in total. The van der Waals surface area contributed by atoms with E-state index in [0.717, 1.165) is 0 Å². The number of hydrogen-bond donors (Lipinski definition) is 1. The highest BCUT2D eigenvalue weighted by atomic mass is 32.2. The molecule has 0 amide bonds. The summed E-state index contributed by atoms with van der Waals surface area (Å²) in [6.45, 7) is 3.47. The SMILES string of the molecule is Cc1cc(C)nc(NS(=O)(=O)c2cccnc2C#N)n1. The third kappa shape index (κ3) is 2.89. The Morgan fingerprint density at radius 1 is 1.25 bits per heavy atom. The summed E-state index contributed by atoms with van der Waals surface area (Å²) in [5.74, 6) is -0.0322. The Morgan fingerprint density at radius 2 is 1.90 bits per heavy atom. The number of aromatic nitrogens is 3. The molecule has 0 aliphatic carbocycles. The number of sulfonamides is 1. The molecular weight excluding hydrogens is 278 g/mol. The summed E-state index contributed by atoms with van der Waals surface area (Å²) in [6.07, 6.45) is 1.35. The van der Waals surface area contributed by atoms with Gasteiger partial charge in [0.15, 0.2) is 5.69 Å². The lowest BCUT2D eigenvalue weighted by Crippen LogP contribution is -2.17. The first-order valence-electron chi connectivity index (χ1n) is 5.62. The van der Waals surface area contributed by atoms with E-state index < -0.39 is 10.0 Å². The Hall–Kier alpha value is -2.53. The minimum absolute atomic E-state index is 0.0322. The minimum atomic E-state index is -3.95. The van der Waals surface area contributed by atoms with Gasteiger partial charge in [0, 0.05) is 17.6 Å². The molecule has 20 heavy (non-hydrogen) atoms. The van der Waals surface area contributed by atoms with Gasteiger partial charge in [0.2, 0.25) is 5.95 Å². The molecule has 0 bridgehead atoms. The molecule has 0 aliphatic heterocycles. The van der Waals surface area contributed by atoms with Gasteiger partial charge in [-0.3, -0.25) is 0 Å². The van der Waals surface area contributed by atoms with Crippen LogP contribution in [-0.2, 0) is 10.0 Å². The smallest absolute Gasteiger partial charge is 0.247 e. The molecule has 8 heteroatoms. The van der Waals surface area contributed by atoms with Crippen molar-refractivity contribution in [2.24, 2.45) is 0 Å². The first-order chi connectivity index (χ1) is 9.42. The van der Waals surface area contributed by atoms with Gasteiger partial charge >= 0.3 is 0 Å². The first-order valence-corrected chi connectivity index (χ1v) is 7.11. The third-order valence-electron chi connectivity index (χ3n) is 2.37. The molecule has 2 aromatic rings. The number of anilines is 1. The van der Waals surface area contributed by atoms with E-state index in [1.807, 2.05) is 0 Å². The Kier molecular flexibility index (Phi) is 3.63. The average Bonchev–Trinajstić information content (AvgIpc) is 2.36. The fourth-order valence-corrected chi connectivity index (χ4v) is 2.69. The Balaban J connectivity index is 2.44. The lowest BCUT2D eigenvalue weighted by molar-refractivity contribution is 0.600. The van der Waals surface area contributed by atoms with E-state index >= 15 is 0 Å². The summed E-state index contributed by atoms with van der Waals surface area (Å²) in [6, 6.07) is 6.21. The van der Waals surface area contributed by atoms with E-state index in [1.165, 1.54) is 18.3 Å². The maximum Gasteiger partial charge on any atom is 0.267 e. The lowest BCUT2D eigenvalue weighted by Gasteiger charge is -2.08. The van der Waals surface area contributed by atoms with Crippen molar-refractivity contribution in [3.05, 3.63) is 41.5 Å². The summed E-state index contributed by atoms with van der Waals surface area (Å²) in [7, 11) is -3.95. The van der Waals surface area contributed by atoms with Crippen LogP contribution in [0.3, 0.4) is 0 Å². The topological polar surface area (TPSA) is 109 Å². The van der Waals surface area contributed by atoms with E-state index in [9.17, 15) is 8.42 Å². The van der Waals surface area contributed by atoms with Gasteiger partial charge in [-0.25, -0.2) is 28.1 Å². The molecule has 0 saturated heterocycles. The number of aryl methyl sites for hydroxylation is 2. The molecule has 0 unspecified atom stereocenters. The monoisotopic (exact) mass is 289 g/mol. The van der Waals surface area contributed by atoms with Crippen LogP contribution in [0.15, 0.2) is 29.3 Å². The maximum absolute atomic E-state index is 12.2. The predicted octanol–water partition coefficient (Wildman–Crippen LogP) is 1.16. The second-order valence-corrected chi connectivity index (χ2v) is 5.69. The van der Waals surface area contributed by atoms with Crippen molar-refractivity contribution in [1.82, 2.24) is 15.0 Å². The number of rotatable bonds is 3. The Morgan fingerprint density at radius 3 is 2.50 bits per heavy atom. The molecule has 0 radical (unpaired) electrons. The summed E-state index contributed by atoms with van der Waals surface area (Å²) < 4.78 is 26.7. The summed E-state index contributed by atoms with van der Waals surface area (Å²) >= 11 is 0. The highest BCUT2D eigenvalue weighted by Crippen LogP contribution is 2.16. The molecule has 0 aliphatic rings. The van der Waals surface area contributed by atoms with Crippen LogP contribution in [0, 0.1) is 25.2 Å². The molecule has 0 atom stereocenters. The molecule has 2 aromatic heterocycles. The normalized spacial score (nSPS) is 10.8. The third-order valence-corrected chi connectivity index (χ3v) is 3.73. The summed E-state index contributed by atoms with van der Waals surface area (Å²) in [5, 5.41) is 8.90. The molecule has 7 nitrogen and oxygen atoms in total. The molecule has 0 spiro atoms. The van der Waals surface area contributed by atoms with Crippen molar-refractivity contribution >= 4 is 16.0 Å². The van der Waals surface area contributed by atoms with Crippen LogP contribution in [0.5, 0.6) is 0 Å². The van der Waals surface area contributed by atoms with E-state index in [0.29, 0.717) is 11.4 Å². The van der Waals surface area contributed by atoms with Crippen LogP contribution in [0.1, 0.15) is 17.1 Å². The fraction of sp³-hybridized carbons (Fsp3) is 0.167.